The molecule has 1 fully saturated rings. The Balaban J connectivity index is 2.11. The highest BCUT2D eigenvalue weighted by Gasteiger charge is 2.26. The number of carbonyl (C=O) groups is 1. The van der Waals surface area contributed by atoms with Crippen molar-refractivity contribution in [1.29, 1.82) is 0 Å². The number of likely N-dealkylation sites (N-methyl/N-ethyl adjacent to an activating group) is 1. The summed E-state index contributed by atoms with van der Waals surface area (Å²) in [5.41, 5.74) is 0.520. The van der Waals surface area contributed by atoms with E-state index in [2.05, 4.69) is 4.90 Å². The fourth-order valence-electron chi connectivity index (χ4n) is 2.72. The first kappa shape index (κ1) is 17.9. The molecule has 1 saturated heterocycles. The summed E-state index contributed by atoms with van der Waals surface area (Å²) in [5.74, 6) is -0.113. The van der Waals surface area contributed by atoms with Gasteiger partial charge in [-0.25, -0.2) is 8.42 Å². The van der Waals surface area contributed by atoms with Crippen molar-refractivity contribution in [2.75, 3.05) is 46.2 Å². The molecule has 1 aromatic carbocycles. The van der Waals surface area contributed by atoms with Gasteiger partial charge >= 0.3 is 0 Å². The Morgan fingerprint density at radius 3 is 2.48 bits per heavy atom. The van der Waals surface area contributed by atoms with Gasteiger partial charge in [-0.1, -0.05) is 0 Å². The molecule has 0 radical (unpaired) electrons. The molecular formula is C16H24N2O4S. The third kappa shape index (κ3) is 4.31. The molecule has 0 spiro atoms. The highest BCUT2D eigenvalue weighted by molar-refractivity contribution is 7.91. The van der Waals surface area contributed by atoms with Gasteiger partial charge in [0.25, 0.3) is 5.91 Å². The zero-order valence-corrected chi connectivity index (χ0v) is 14.7. The standard InChI is InChI=1S/C16H24N2O4S/c1-13-12-17(2)8-9-18(13)16(19)14-4-6-15(7-5-14)23(20,21)11-10-22-3/h4-7,13H,8-12H2,1-3H3. The molecule has 23 heavy (non-hydrogen) atoms. The second-order valence-corrected chi connectivity index (χ2v) is 8.06. The molecule has 2 rings (SSSR count). The van der Waals surface area contributed by atoms with Crippen molar-refractivity contribution in [1.82, 2.24) is 9.80 Å². The summed E-state index contributed by atoms with van der Waals surface area (Å²) in [6.07, 6.45) is 0. The highest BCUT2D eigenvalue weighted by atomic mass is 32.2. The van der Waals surface area contributed by atoms with E-state index in [0.29, 0.717) is 12.1 Å². The molecule has 1 aliphatic heterocycles. The summed E-state index contributed by atoms with van der Waals surface area (Å²) in [6.45, 7) is 4.55. The third-order valence-corrected chi connectivity index (χ3v) is 5.80. The lowest BCUT2D eigenvalue weighted by atomic mass is 10.1. The quantitative estimate of drug-likeness (QED) is 0.796. The molecule has 0 N–H and O–H groups in total. The Morgan fingerprint density at radius 1 is 1.26 bits per heavy atom. The van der Waals surface area contributed by atoms with E-state index < -0.39 is 9.84 Å². The largest absolute Gasteiger partial charge is 0.384 e. The second-order valence-electron chi connectivity index (χ2n) is 5.95. The first-order valence-electron chi connectivity index (χ1n) is 7.66. The minimum Gasteiger partial charge on any atom is -0.384 e. The zero-order valence-electron chi connectivity index (χ0n) is 13.9. The number of benzene rings is 1. The van der Waals surface area contributed by atoms with E-state index in [1.54, 1.807) is 12.1 Å². The van der Waals surface area contributed by atoms with Crippen LogP contribution < -0.4 is 0 Å². The first-order chi connectivity index (χ1) is 10.8. The minimum absolute atomic E-state index is 0.0496. The topological polar surface area (TPSA) is 66.9 Å². The van der Waals surface area contributed by atoms with E-state index >= 15 is 0 Å². The van der Waals surface area contributed by atoms with E-state index in [9.17, 15) is 13.2 Å². The lowest BCUT2D eigenvalue weighted by molar-refractivity contribution is 0.0533. The second kappa shape index (κ2) is 7.42. The number of hydrogen-bond donors (Lipinski definition) is 0. The van der Waals surface area contributed by atoms with Gasteiger partial charge in [-0.15, -0.1) is 0 Å². The number of amides is 1. The Morgan fingerprint density at radius 2 is 1.91 bits per heavy atom. The van der Waals surface area contributed by atoms with Crippen LogP contribution in [-0.2, 0) is 14.6 Å². The number of carbonyl (C=O) groups excluding carboxylic acids is 1. The van der Waals surface area contributed by atoms with Crippen LogP contribution in [0.2, 0.25) is 0 Å². The lowest BCUT2D eigenvalue weighted by Crippen LogP contribution is -2.52. The van der Waals surface area contributed by atoms with Gasteiger partial charge < -0.3 is 14.5 Å². The van der Waals surface area contributed by atoms with Crippen LogP contribution in [0.25, 0.3) is 0 Å². The molecule has 1 heterocycles. The van der Waals surface area contributed by atoms with Crippen molar-refractivity contribution in [2.45, 2.75) is 17.9 Å². The molecule has 0 aromatic heterocycles. The Kier molecular flexibility index (Phi) is 5.78. The minimum atomic E-state index is -3.36. The van der Waals surface area contributed by atoms with Crippen molar-refractivity contribution in [3.8, 4) is 0 Å². The van der Waals surface area contributed by atoms with Gasteiger partial charge in [0.05, 0.1) is 17.3 Å². The Hall–Kier alpha value is -1.44. The van der Waals surface area contributed by atoms with Gasteiger partial charge in [-0.05, 0) is 38.2 Å². The summed E-state index contributed by atoms with van der Waals surface area (Å²) < 4.78 is 29.0. The van der Waals surface area contributed by atoms with Crippen molar-refractivity contribution < 1.29 is 17.9 Å². The van der Waals surface area contributed by atoms with Gasteiger partial charge in [-0.2, -0.15) is 0 Å². The summed E-state index contributed by atoms with van der Waals surface area (Å²) in [7, 11) is 0.142. The SMILES string of the molecule is COCCS(=O)(=O)c1ccc(C(=O)N2CCN(C)CC2C)cc1. The molecule has 1 aromatic rings. The number of piperazine rings is 1. The average molecular weight is 340 g/mol. The monoisotopic (exact) mass is 340 g/mol. The fraction of sp³-hybridized carbons (Fsp3) is 0.562. The van der Waals surface area contributed by atoms with Crippen LogP contribution in [0.4, 0.5) is 0 Å². The summed E-state index contributed by atoms with van der Waals surface area (Å²) >= 11 is 0. The van der Waals surface area contributed by atoms with Crippen LogP contribution in [0.5, 0.6) is 0 Å². The van der Waals surface area contributed by atoms with E-state index in [4.69, 9.17) is 4.74 Å². The van der Waals surface area contributed by atoms with E-state index in [-0.39, 0.29) is 29.2 Å². The Bertz CT molecular complexity index is 643. The molecule has 1 unspecified atom stereocenters. The lowest BCUT2D eigenvalue weighted by Gasteiger charge is -2.38. The molecule has 6 nitrogen and oxygen atoms in total. The smallest absolute Gasteiger partial charge is 0.254 e. The van der Waals surface area contributed by atoms with Crippen molar-refractivity contribution in [3.05, 3.63) is 29.8 Å². The molecule has 128 valence electrons. The van der Waals surface area contributed by atoms with Gasteiger partial charge in [0.2, 0.25) is 0 Å². The Labute approximate surface area is 137 Å². The number of hydrogen-bond acceptors (Lipinski definition) is 5. The number of rotatable bonds is 5. The van der Waals surface area contributed by atoms with Crippen LogP contribution in [0.3, 0.4) is 0 Å². The molecule has 0 aliphatic carbocycles. The predicted octanol–water partition coefficient (Wildman–Crippen LogP) is 0.883. The molecule has 7 heteroatoms. The zero-order chi connectivity index (χ0) is 17.0. The number of sulfone groups is 1. The molecule has 0 bridgehead atoms. The van der Waals surface area contributed by atoms with Crippen LogP contribution in [0.15, 0.2) is 29.2 Å². The third-order valence-electron chi connectivity index (χ3n) is 4.11. The molecular weight excluding hydrogens is 316 g/mol. The van der Waals surface area contributed by atoms with Crippen molar-refractivity contribution in [2.24, 2.45) is 0 Å². The normalized spacial score (nSPS) is 19.8. The first-order valence-corrected chi connectivity index (χ1v) is 9.31. The maximum atomic E-state index is 12.6. The number of ether oxygens (including phenoxy) is 1. The highest BCUT2D eigenvalue weighted by Crippen LogP contribution is 2.16. The summed E-state index contributed by atoms with van der Waals surface area (Å²) in [4.78, 5) is 16.8. The molecule has 0 saturated carbocycles. The molecule has 1 atom stereocenters. The predicted molar refractivity (Wildman–Crippen MR) is 88.4 cm³/mol. The fourth-order valence-corrected chi connectivity index (χ4v) is 3.90. The van der Waals surface area contributed by atoms with Gasteiger partial charge in [-0.3, -0.25) is 4.79 Å². The van der Waals surface area contributed by atoms with Crippen molar-refractivity contribution in [3.63, 3.8) is 0 Å². The van der Waals surface area contributed by atoms with Gasteiger partial charge in [0, 0.05) is 38.3 Å². The van der Waals surface area contributed by atoms with E-state index in [1.165, 1.54) is 19.2 Å². The van der Waals surface area contributed by atoms with Gasteiger partial charge in [0.15, 0.2) is 9.84 Å². The number of nitrogens with zero attached hydrogens (tertiary/aromatic N) is 2. The number of methoxy groups -OCH3 is 1. The average Bonchev–Trinajstić information content (AvgIpc) is 2.52. The van der Waals surface area contributed by atoms with Crippen LogP contribution in [-0.4, -0.2) is 76.3 Å². The maximum Gasteiger partial charge on any atom is 0.254 e. The van der Waals surface area contributed by atoms with Gasteiger partial charge in [0.1, 0.15) is 0 Å². The van der Waals surface area contributed by atoms with E-state index in [1.807, 2.05) is 18.9 Å². The summed E-state index contributed by atoms with van der Waals surface area (Å²) in [5, 5.41) is 0. The van der Waals surface area contributed by atoms with E-state index in [0.717, 1.165) is 13.1 Å². The summed E-state index contributed by atoms with van der Waals surface area (Å²) in [6, 6.07) is 6.32. The molecule has 1 amide bonds. The van der Waals surface area contributed by atoms with Crippen LogP contribution in [0, 0.1) is 0 Å². The molecule has 1 aliphatic rings. The maximum absolute atomic E-state index is 12.6. The van der Waals surface area contributed by atoms with Crippen LogP contribution >= 0.6 is 0 Å². The van der Waals surface area contributed by atoms with Crippen molar-refractivity contribution >= 4 is 15.7 Å². The van der Waals surface area contributed by atoms with Crippen LogP contribution in [0.1, 0.15) is 17.3 Å².